The number of furan rings is 1. The molecule has 2 aromatic heterocycles. The third-order valence-corrected chi connectivity index (χ3v) is 4.66. The van der Waals surface area contributed by atoms with Gasteiger partial charge >= 0.3 is 0 Å². The molecule has 0 bridgehead atoms. The van der Waals surface area contributed by atoms with Gasteiger partial charge in [0.25, 0.3) is 5.91 Å². The fourth-order valence-corrected chi connectivity index (χ4v) is 3.11. The monoisotopic (exact) mass is 398 g/mol. The van der Waals surface area contributed by atoms with E-state index in [-0.39, 0.29) is 5.91 Å². The van der Waals surface area contributed by atoms with Crippen LogP contribution >= 0.6 is 0 Å². The van der Waals surface area contributed by atoms with Crippen LogP contribution in [0.25, 0.3) is 0 Å². The van der Waals surface area contributed by atoms with Gasteiger partial charge in [-0.25, -0.2) is 0 Å². The van der Waals surface area contributed by atoms with E-state index in [4.69, 9.17) is 9.15 Å². The Hall–Kier alpha value is -3.86. The van der Waals surface area contributed by atoms with Gasteiger partial charge in [-0.2, -0.15) is 0 Å². The third kappa shape index (κ3) is 5.14. The molecule has 0 aliphatic carbocycles. The maximum atomic E-state index is 13.2. The summed E-state index contributed by atoms with van der Waals surface area (Å²) in [7, 11) is 0. The summed E-state index contributed by atoms with van der Waals surface area (Å²) in [6.45, 7) is 1.29. The largest absolute Gasteiger partial charge is 0.489 e. The van der Waals surface area contributed by atoms with Gasteiger partial charge in [0, 0.05) is 24.5 Å². The number of carbonyl (C=O) groups excluding carboxylic acids is 1. The summed E-state index contributed by atoms with van der Waals surface area (Å²) < 4.78 is 11.2. The van der Waals surface area contributed by atoms with Crippen molar-refractivity contribution in [3.05, 3.63) is 120 Å². The molecule has 4 aromatic rings. The van der Waals surface area contributed by atoms with Gasteiger partial charge in [0.1, 0.15) is 18.1 Å². The van der Waals surface area contributed by atoms with E-state index in [2.05, 4.69) is 4.98 Å². The number of nitrogens with zero attached hydrogens (tertiary/aromatic N) is 2. The van der Waals surface area contributed by atoms with Crippen molar-refractivity contribution in [1.82, 2.24) is 9.88 Å². The van der Waals surface area contributed by atoms with Gasteiger partial charge in [-0.15, -0.1) is 0 Å². The van der Waals surface area contributed by atoms with Crippen molar-refractivity contribution in [2.45, 2.75) is 19.7 Å². The van der Waals surface area contributed by atoms with Crippen LogP contribution in [0.5, 0.6) is 5.75 Å². The van der Waals surface area contributed by atoms with Gasteiger partial charge in [-0.05, 0) is 53.6 Å². The number of hydrogen-bond donors (Lipinski definition) is 0. The fraction of sp³-hybridized carbons (Fsp3) is 0.120. The van der Waals surface area contributed by atoms with Gasteiger partial charge in [0.15, 0.2) is 0 Å². The van der Waals surface area contributed by atoms with Gasteiger partial charge in [-0.1, -0.05) is 36.4 Å². The number of hydrogen-bond acceptors (Lipinski definition) is 4. The first-order chi connectivity index (χ1) is 14.8. The van der Waals surface area contributed by atoms with E-state index in [1.165, 1.54) is 0 Å². The minimum Gasteiger partial charge on any atom is -0.489 e. The molecule has 0 radical (unpaired) electrons. The maximum Gasteiger partial charge on any atom is 0.254 e. The Morgan fingerprint density at radius 1 is 0.867 bits per heavy atom. The molecule has 30 heavy (non-hydrogen) atoms. The van der Waals surface area contributed by atoms with Crippen LogP contribution < -0.4 is 4.74 Å². The van der Waals surface area contributed by atoms with Gasteiger partial charge < -0.3 is 14.1 Å². The summed E-state index contributed by atoms with van der Waals surface area (Å²) in [6, 6.07) is 24.7. The molecular formula is C25H22N2O3. The Morgan fingerprint density at radius 3 is 2.40 bits per heavy atom. The smallest absolute Gasteiger partial charge is 0.254 e. The van der Waals surface area contributed by atoms with Gasteiger partial charge in [-0.3, -0.25) is 9.78 Å². The van der Waals surface area contributed by atoms with E-state index in [0.717, 1.165) is 22.6 Å². The summed E-state index contributed by atoms with van der Waals surface area (Å²) >= 11 is 0. The van der Waals surface area contributed by atoms with Crippen LogP contribution in [-0.4, -0.2) is 15.8 Å². The average Bonchev–Trinajstić information content (AvgIpc) is 3.32. The molecule has 150 valence electrons. The highest BCUT2D eigenvalue weighted by atomic mass is 16.5. The zero-order valence-corrected chi connectivity index (χ0v) is 16.5. The van der Waals surface area contributed by atoms with E-state index in [1.54, 1.807) is 23.6 Å². The Kier molecular flexibility index (Phi) is 6.20. The minimum absolute atomic E-state index is 0.0641. The van der Waals surface area contributed by atoms with Crippen molar-refractivity contribution in [2.75, 3.05) is 0 Å². The Labute approximate surface area is 175 Å². The van der Waals surface area contributed by atoms with Crippen LogP contribution in [0.1, 0.15) is 27.2 Å². The predicted octanol–water partition coefficient (Wildman–Crippen LogP) is 5.10. The molecule has 0 atom stereocenters. The first kappa shape index (κ1) is 19.5. The van der Waals surface area contributed by atoms with Crippen molar-refractivity contribution < 1.29 is 13.9 Å². The van der Waals surface area contributed by atoms with E-state index in [0.29, 0.717) is 25.3 Å². The lowest BCUT2D eigenvalue weighted by molar-refractivity contribution is 0.0717. The lowest BCUT2D eigenvalue weighted by Gasteiger charge is -2.22. The highest BCUT2D eigenvalue weighted by molar-refractivity contribution is 5.94. The number of para-hydroxylation sites is 1. The number of aromatic nitrogens is 1. The second kappa shape index (κ2) is 9.56. The molecule has 2 aromatic carbocycles. The number of benzene rings is 2. The molecule has 0 saturated heterocycles. The highest BCUT2D eigenvalue weighted by Gasteiger charge is 2.18. The van der Waals surface area contributed by atoms with Gasteiger partial charge in [0.05, 0.1) is 12.8 Å². The molecule has 1 amide bonds. The number of carbonyl (C=O) groups is 1. The summed E-state index contributed by atoms with van der Waals surface area (Å²) in [5.74, 6) is 1.49. The quantitative estimate of drug-likeness (QED) is 0.415. The lowest BCUT2D eigenvalue weighted by Crippen LogP contribution is -2.30. The van der Waals surface area contributed by atoms with Crippen molar-refractivity contribution in [3.63, 3.8) is 0 Å². The second-order valence-corrected chi connectivity index (χ2v) is 6.90. The van der Waals surface area contributed by atoms with Gasteiger partial charge in [0.2, 0.25) is 0 Å². The summed E-state index contributed by atoms with van der Waals surface area (Å²) in [5, 5.41) is 0. The summed E-state index contributed by atoms with van der Waals surface area (Å²) in [4.78, 5) is 19.1. The number of ether oxygens (including phenoxy) is 1. The van der Waals surface area contributed by atoms with Crippen molar-refractivity contribution >= 4 is 5.91 Å². The molecule has 0 spiro atoms. The molecule has 2 heterocycles. The van der Waals surface area contributed by atoms with Crippen LogP contribution in [-0.2, 0) is 19.7 Å². The molecule has 0 aliphatic heterocycles. The first-order valence-electron chi connectivity index (χ1n) is 9.75. The molecule has 5 heteroatoms. The minimum atomic E-state index is -0.0641. The maximum absolute atomic E-state index is 13.2. The molecule has 0 fully saturated rings. The molecule has 0 aliphatic rings. The molecule has 0 N–H and O–H groups in total. The fourth-order valence-electron chi connectivity index (χ4n) is 3.11. The SMILES string of the molecule is O=C(c1ccc(COc2ccccc2)cc1)N(Cc1cccnc1)Cc1ccco1. The standard InChI is InChI=1S/C25H22N2O3/c28-25(22-12-10-20(11-13-22)19-30-23-7-2-1-3-8-23)27(18-24-9-5-15-29-24)17-21-6-4-14-26-16-21/h1-16H,17-19H2. The highest BCUT2D eigenvalue weighted by Crippen LogP contribution is 2.16. The molecule has 0 saturated carbocycles. The van der Waals surface area contributed by atoms with E-state index in [1.807, 2.05) is 78.9 Å². The number of amides is 1. The van der Waals surface area contributed by atoms with Crippen molar-refractivity contribution in [1.29, 1.82) is 0 Å². The predicted molar refractivity (Wildman–Crippen MR) is 114 cm³/mol. The first-order valence-corrected chi connectivity index (χ1v) is 9.75. The van der Waals surface area contributed by atoms with Crippen LogP contribution in [0.4, 0.5) is 0 Å². The zero-order chi connectivity index (χ0) is 20.6. The van der Waals surface area contributed by atoms with E-state index in [9.17, 15) is 4.79 Å². The number of rotatable bonds is 8. The normalized spacial score (nSPS) is 10.5. The van der Waals surface area contributed by atoms with Crippen molar-refractivity contribution in [3.8, 4) is 5.75 Å². The lowest BCUT2D eigenvalue weighted by atomic mass is 10.1. The van der Waals surface area contributed by atoms with Crippen LogP contribution in [0.15, 0.2) is 102 Å². The molecule has 5 nitrogen and oxygen atoms in total. The Bertz CT molecular complexity index is 1050. The molecular weight excluding hydrogens is 376 g/mol. The van der Waals surface area contributed by atoms with E-state index < -0.39 is 0 Å². The molecule has 4 rings (SSSR count). The van der Waals surface area contributed by atoms with Crippen LogP contribution in [0, 0.1) is 0 Å². The molecule has 0 unspecified atom stereocenters. The van der Waals surface area contributed by atoms with Crippen LogP contribution in [0.3, 0.4) is 0 Å². The third-order valence-electron chi connectivity index (χ3n) is 4.66. The second-order valence-electron chi connectivity index (χ2n) is 6.90. The van der Waals surface area contributed by atoms with E-state index >= 15 is 0 Å². The Balaban J connectivity index is 1.46. The summed E-state index contributed by atoms with van der Waals surface area (Å²) in [5.41, 5.74) is 2.58. The Morgan fingerprint density at radius 2 is 1.70 bits per heavy atom. The number of pyridine rings is 1. The van der Waals surface area contributed by atoms with Crippen LogP contribution in [0.2, 0.25) is 0 Å². The average molecular weight is 398 g/mol. The topological polar surface area (TPSA) is 55.6 Å². The zero-order valence-electron chi connectivity index (χ0n) is 16.5. The van der Waals surface area contributed by atoms with Crippen molar-refractivity contribution in [2.24, 2.45) is 0 Å². The summed E-state index contributed by atoms with van der Waals surface area (Å²) in [6.07, 6.45) is 5.11.